The van der Waals surface area contributed by atoms with Crippen molar-refractivity contribution in [2.75, 3.05) is 37.0 Å². The van der Waals surface area contributed by atoms with E-state index in [1.165, 1.54) is 0 Å². The Morgan fingerprint density at radius 1 is 1.18 bits per heavy atom. The molecule has 40 heavy (non-hydrogen) atoms. The third-order valence-electron chi connectivity index (χ3n) is 8.42. The van der Waals surface area contributed by atoms with Crippen LogP contribution in [0.3, 0.4) is 0 Å². The summed E-state index contributed by atoms with van der Waals surface area (Å²) < 4.78 is 6.32. The molecule has 2 aliphatic heterocycles. The molecule has 2 aromatic heterocycles. The second kappa shape index (κ2) is 10.8. The molecule has 0 amide bonds. The topological polar surface area (TPSA) is 89.9 Å². The third-order valence-corrected chi connectivity index (χ3v) is 8.42. The molecule has 2 N–H and O–H groups in total. The van der Waals surface area contributed by atoms with E-state index in [0.717, 1.165) is 77.8 Å². The van der Waals surface area contributed by atoms with Crippen LogP contribution < -0.4 is 15.1 Å². The van der Waals surface area contributed by atoms with E-state index in [2.05, 4.69) is 52.9 Å². The summed E-state index contributed by atoms with van der Waals surface area (Å²) in [4.78, 5) is 16.9. The number of nitrogens with one attached hydrogen (secondary N) is 1. The number of hydrogen-bond donors (Lipinski definition) is 2. The van der Waals surface area contributed by atoms with Crippen molar-refractivity contribution in [1.29, 1.82) is 0 Å². The lowest BCUT2D eigenvalue weighted by atomic mass is 9.98. The molecule has 1 aromatic carbocycles. The predicted molar refractivity (Wildman–Crippen MR) is 157 cm³/mol. The number of fused-ring (bicyclic) bond motifs is 2. The van der Waals surface area contributed by atoms with Crippen LogP contribution in [-0.2, 0) is 18.6 Å². The summed E-state index contributed by atoms with van der Waals surface area (Å²) in [7, 11) is 2.16. The minimum Gasteiger partial charge on any atom is -0.490 e. The van der Waals surface area contributed by atoms with E-state index >= 15 is 0 Å². The van der Waals surface area contributed by atoms with Crippen molar-refractivity contribution < 1.29 is 9.84 Å². The molecule has 210 valence electrons. The number of piperidine rings is 1. The Bertz CT molecular complexity index is 1400. The molecule has 9 nitrogen and oxygen atoms in total. The van der Waals surface area contributed by atoms with Crippen molar-refractivity contribution in [2.24, 2.45) is 0 Å². The fraction of sp³-hybridized carbons (Fsp3) is 0.452. The van der Waals surface area contributed by atoms with Crippen molar-refractivity contribution in [3.05, 3.63) is 71.6 Å². The van der Waals surface area contributed by atoms with Gasteiger partial charge in [0, 0.05) is 43.6 Å². The zero-order chi connectivity index (χ0) is 27.9. The van der Waals surface area contributed by atoms with Gasteiger partial charge in [-0.3, -0.25) is 0 Å². The highest BCUT2D eigenvalue weighted by atomic mass is 16.5. The average molecular weight is 542 g/mol. The Hall–Kier alpha value is -3.53. The minimum atomic E-state index is -0.878. The lowest BCUT2D eigenvalue weighted by Gasteiger charge is -2.29. The molecule has 3 aliphatic rings. The maximum absolute atomic E-state index is 11.2. The molecule has 1 saturated heterocycles. The molecule has 0 bridgehead atoms. The number of aromatic nitrogens is 3. The predicted octanol–water partition coefficient (Wildman–Crippen LogP) is 5.00. The number of hydrogen-bond acceptors (Lipinski definition) is 9. The number of nitrogens with zero attached hydrogens (tertiary/aromatic N) is 6. The van der Waals surface area contributed by atoms with Crippen LogP contribution in [0.25, 0.3) is 0 Å². The van der Waals surface area contributed by atoms with Crippen molar-refractivity contribution in [2.45, 2.75) is 64.2 Å². The number of pyridine rings is 1. The molecule has 0 radical (unpaired) electrons. The monoisotopic (exact) mass is 541 g/mol. The van der Waals surface area contributed by atoms with E-state index < -0.39 is 5.60 Å². The Kier molecular flexibility index (Phi) is 7.20. The first kappa shape index (κ1) is 26.7. The number of likely N-dealkylation sites (tertiary alicyclic amines) is 1. The van der Waals surface area contributed by atoms with Gasteiger partial charge in [0.1, 0.15) is 23.3 Å². The highest BCUT2D eigenvalue weighted by molar-refractivity contribution is 5.65. The van der Waals surface area contributed by atoms with Crippen LogP contribution in [0.15, 0.2) is 49.2 Å². The molecular formula is C31H39N7O2. The number of rotatable bonds is 8. The van der Waals surface area contributed by atoms with Crippen LogP contribution in [0.2, 0.25) is 0 Å². The number of aryl methyl sites for hydroxylation is 2. The first-order valence-electron chi connectivity index (χ1n) is 14.3. The van der Waals surface area contributed by atoms with Gasteiger partial charge in [0.25, 0.3) is 0 Å². The van der Waals surface area contributed by atoms with Crippen LogP contribution in [0.5, 0.6) is 5.75 Å². The highest BCUT2D eigenvalue weighted by Crippen LogP contribution is 2.42. The SMILES string of the molecule is C=CCN1Cc2cnc(Nc3ccc(OC4CCN(C)CC4)c(C)c3)nc2N1c1ccc2c(n1)[C@](O)(CC)CC2. The van der Waals surface area contributed by atoms with Gasteiger partial charge in [0.15, 0.2) is 5.82 Å². The van der Waals surface area contributed by atoms with Gasteiger partial charge in [-0.25, -0.2) is 20.0 Å². The minimum absolute atomic E-state index is 0.263. The lowest BCUT2D eigenvalue weighted by Crippen LogP contribution is -2.35. The summed E-state index contributed by atoms with van der Waals surface area (Å²) >= 11 is 0. The zero-order valence-electron chi connectivity index (χ0n) is 23.7. The van der Waals surface area contributed by atoms with Gasteiger partial charge in [-0.1, -0.05) is 19.1 Å². The second-order valence-corrected chi connectivity index (χ2v) is 11.3. The summed E-state index contributed by atoms with van der Waals surface area (Å²) in [5.74, 6) is 2.96. The molecular weight excluding hydrogens is 502 g/mol. The van der Waals surface area contributed by atoms with Crippen molar-refractivity contribution in [3.63, 3.8) is 0 Å². The fourth-order valence-corrected chi connectivity index (χ4v) is 5.98. The number of benzene rings is 1. The molecule has 0 unspecified atom stereocenters. The van der Waals surface area contributed by atoms with E-state index in [1.807, 2.05) is 42.4 Å². The van der Waals surface area contributed by atoms with E-state index in [-0.39, 0.29) is 6.10 Å². The standard InChI is InChI=1S/C31H39N7O2/c1-5-15-37-20-23-19-32-30(33-24-8-9-26(21(3)18-24)40-25-12-16-36(4)17-13-25)35-29(23)38(37)27-10-7-22-11-14-31(39,6-2)28(22)34-27/h5,7-10,18-19,25,39H,1,6,11-17,20H2,2-4H3,(H,32,33,35)/t31-/m0/s1. The number of aliphatic hydroxyl groups is 1. The average Bonchev–Trinajstić information content (AvgIpc) is 3.48. The summed E-state index contributed by atoms with van der Waals surface area (Å²) in [5, 5.41) is 18.7. The fourth-order valence-electron chi connectivity index (χ4n) is 5.98. The van der Waals surface area contributed by atoms with E-state index in [0.29, 0.717) is 31.9 Å². The van der Waals surface area contributed by atoms with Gasteiger partial charge in [-0.05, 0) is 81.5 Å². The van der Waals surface area contributed by atoms with Crippen molar-refractivity contribution >= 4 is 23.3 Å². The summed E-state index contributed by atoms with van der Waals surface area (Å²) in [6.07, 6.45) is 8.31. The van der Waals surface area contributed by atoms with E-state index in [9.17, 15) is 5.11 Å². The quantitative estimate of drug-likeness (QED) is 0.383. The summed E-state index contributed by atoms with van der Waals surface area (Å²) in [6, 6.07) is 10.2. The zero-order valence-corrected chi connectivity index (χ0v) is 23.7. The molecule has 1 atom stereocenters. The van der Waals surface area contributed by atoms with Crippen LogP contribution in [0.4, 0.5) is 23.3 Å². The molecule has 0 saturated carbocycles. The van der Waals surface area contributed by atoms with Gasteiger partial charge in [0.2, 0.25) is 5.95 Å². The molecule has 0 spiro atoms. The highest BCUT2D eigenvalue weighted by Gasteiger charge is 2.38. The van der Waals surface area contributed by atoms with Gasteiger partial charge >= 0.3 is 0 Å². The van der Waals surface area contributed by atoms with Gasteiger partial charge < -0.3 is 20.1 Å². The number of anilines is 4. The molecule has 9 heteroatoms. The maximum atomic E-state index is 11.2. The largest absolute Gasteiger partial charge is 0.490 e. The second-order valence-electron chi connectivity index (χ2n) is 11.3. The van der Waals surface area contributed by atoms with Crippen molar-refractivity contribution in [3.8, 4) is 5.75 Å². The molecule has 1 aliphatic carbocycles. The first-order valence-corrected chi connectivity index (χ1v) is 14.3. The smallest absolute Gasteiger partial charge is 0.229 e. The Morgan fingerprint density at radius 3 is 2.75 bits per heavy atom. The Labute approximate surface area is 236 Å². The van der Waals surface area contributed by atoms with Gasteiger partial charge in [-0.2, -0.15) is 4.98 Å². The van der Waals surface area contributed by atoms with Crippen LogP contribution in [0, 0.1) is 6.92 Å². The van der Waals surface area contributed by atoms with Crippen molar-refractivity contribution in [1.82, 2.24) is 24.9 Å². The lowest BCUT2D eigenvalue weighted by molar-refractivity contribution is 0.0306. The van der Waals surface area contributed by atoms with Crippen LogP contribution in [0.1, 0.15) is 55.0 Å². The normalized spacial score (nSPS) is 21.4. The van der Waals surface area contributed by atoms with Gasteiger partial charge in [-0.15, -0.1) is 6.58 Å². The van der Waals surface area contributed by atoms with E-state index in [4.69, 9.17) is 14.7 Å². The summed E-state index contributed by atoms with van der Waals surface area (Å²) in [5.41, 5.74) is 4.02. The Balaban J connectivity index is 1.25. The molecule has 3 aromatic rings. The van der Waals surface area contributed by atoms with Crippen LogP contribution >= 0.6 is 0 Å². The molecule has 1 fully saturated rings. The molecule has 4 heterocycles. The molecule has 6 rings (SSSR count). The Morgan fingerprint density at radius 2 is 2.00 bits per heavy atom. The van der Waals surface area contributed by atoms with Gasteiger partial charge in [0.05, 0.1) is 5.69 Å². The van der Waals surface area contributed by atoms with Crippen LogP contribution in [-0.4, -0.2) is 62.8 Å². The van der Waals surface area contributed by atoms with E-state index in [1.54, 1.807) is 0 Å². The first-order chi connectivity index (χ1) is 19.4. The third kappa shape index (κ3) is 5.05. The summed E-state index contributed by atoms with van der Waals surface area (Å²) in [6.45, 7) is 11.5. The number of hydrazine groups is 1. The number of ether oxygens (including phenoxy) is 1. The maximum Gasteiger partial charge on any atom is 0.229 e.